The number of hydrogen-bond acceptors (Lipinski definition) is 4. The lowest BCUT2D eigenvalue weighted by atomic mass is 9.89. The monoisotopic (exact) mass is 317 g/mol. The topological polar surface area (TPSA) is 49.8 Å². The zero-order chi connectivity index (χ0) is 16.2. The fraction of sp³-hybridized carbons (Fsp3) is 0.235. The maximum atomic E-state index is 12.1. The van der Waals surface area contributed by atoms with E-state index in [9.17, 15) is 9.90 Å². The first-order valence-corrected chi connectivity index (χ1v) is 7.47. The van der Waals surface area contributed by atoms with Crippen LogP contribution in [0.15, 0.2) is 54.6 Å². The van der Waals surface area contributed by atoms with E-state index in [1.54, 1.807) is 43.3 Å². The summed E-state index contributed by atoms with van der Waals surface area (Å²) in [6, 6.07) is 16.5. The molecule has 2 rings (SSSR count). The largest absolute Gasteiger partial charge is 0.497 e. The Morgan fingerprint density at radius 2 is 1.77 bits per heavy atom. The summed E-state index contributed by atoms with van der Waals surface area (Å²) in [7, 11) is 3.35. The molecule has 0 saturated carbocycles. The lowest BCUT2D eigenvalue weighted by molar-refractivity contribution is -0.142. The third kappa shape index (κ3) is 2.76. The Balaban J connectivity index is 2.54. The minimum atomic E-state index is -1.25. The fourth-order valence-electron chi connectivity index (χ4n) is 2.46. The fourth-order valence-corrected chi connectivity index (χ4v) is 2.99. The summed E-state index contributed by atoms with van der Waals surface area (Å²) in [6.07, 6.45) is 0. The molecule has 0 aliphatic rings. The van der Waals surface area contributed by atoms with Crippen LogP contribution in [0.4, 0.5) is 5.69 Å². The molecule has 1 N–H and O–H groups in total. The van der Waals surface area contributed by atoms with Crippen LogP contribution in [0.1, 0.15) is 5.56 Å². The summed E-state index contributed by atoms with van der Waals surface area (Å²) < 4.78 is 5.14. The summed E-state index contributed by atoms with van der Waals surface area (Å²) in [6.45, 7) is 0. The van der Waals surface area contributed by atoms with Gasteiger partial charge < -0.3 is 14.7 Å². The second kappa shape index (κ2) is 6.75. The number of carboxylic acid groups (broad SMARTS) is 1. The van der Waals surface area contributed by atoms with Crippen LogP contribution in [0.5, 0.6) is 5.75 Å². The predicted octanol–water partition coefficient (Wildman–Crippen LogP) is 3.04. The Morgan fingerprint density at radius 3 is 2.23 bits per heavy atom. The van der Waals surface area contributed by atoms with Gasteiger partial charge in [-0.3, -0.25) is 0 Å². The second-order valence-corrected chi connectivity index (χ2v) is 5.26. The number of likely N-dealkylation sites (N-methyl/N-ethyl adjacent to an activating group) is 1. The zero-order valence-corrected chi connectivity index (χ0v) is 13.5. The summed E-state index contributed by atoms with van der Waals surface area (Å²) in [5.41, 5.74) is 0.216. The van der Waals surface area contributed by atoms with E-state index < -0.39 is 11.5 Å². The smallest absolute Gasteiger partial charge is 0.335 e. The van der Waals surface area contributed by atoms with E-state index in [0.717, 1.165) is 5.69 Å². The number of thiol groups is 1. The maximum absolute atomic E-state index is 12.1. The third-order valence-corrected chi connectivity index (χ3v) is 4.32. The van der Waals surface area contributed by atoms with Crippen LogP contribution < -0.4 is 9.64 Å². The normalized spacial score (nSPS) is 13.2. The number of nitrogens with zero attached hydrogens (tertiary/aromatic N) is 1. The first-order valence-electron chi connectivity index (χ1n) is 6.84. The van der Waals surface area contributed by atoms with E-state index in [0.29, 0.717) is 11.3 Å². The molecule has 0 amide bonds. The van der Waals surface area contributed by atoms with Crippen molar-refractivity contribution in [2.24, 2.45) is 0 Å². The molecule has 0 radical (unpaired) electrons. The lowest BCUT2D eigenvalue weighted by Crippen LogP contribution is -2.52. The van der Waals surface area contributed by atoms with Gasteiger partial charge in [0.05, 0.1) is 7.11 Å². The molecule has 0 spiro atoms. The maximum Gasteiger partial charge on any atom is 0.335 e. The number of carbonyl (C=O) groups is 1. The summed E-state index contributed by atoms with van der Waals surface area (Å²) in [5, 5.41) is 9.91. The first kappa shape index (κ1) is 16.2. The number of anilines is 1. The molecule has 0 fully saturated rings. The molecular weight excluding hydrogens is 298 g/mol. The van der Waals surface area contributed by atoms with E-state index in [1.807, 2.05) is 30.3 Å². The van der Waals surface area contributed by atoms with E-state index in [-0.39, 0.29) is 5.75 Å². The van der Waals surface area contributed by atoms with Crippen molar-refractivity contribution in [3.63, 3.8) is 0 Å². The van der Waals surface area contributed by atoms with Gasteiger partial charge in [-0.25, -0.2) is 4.79 Å². The minimum absolute atomic E-state index is 0.139. The average molecular weight is 317 g/mol. The van der Waals surface area contributed by atoms with Gasteiger partial charge in [-0.15, -0.1) is 0 Å². The van der Waals surface area contributed by atoms with E-state index in [1.165, 1.54) is 0 Å². The predicted molar refractivity (Wildman–Crippen MR) is 91.0 cm³/mol. The highest BCUT2D eigenvalue weighted by atomic mass is 32.1. The van der Waals surface area contributed by atoms with Crippen LogP contribution in [-0.4, -0.2) is 31.0 Å². The standard InChI is InChI=1S/C17H19NO3S/c1-18(14-6-4-3-5-7-14)17(12-22,16(19)20)13-8-10-15(21-2)11-9-13/h3-11,22H,12H2,1-2H3,(H,19,20)/t17-/m1/s1. The quantitative estimate of drug-likeness (QED) is 0.804. The van der Waals surface area contributed by atoms with Crippen LogP contribution in [0.2, 0.25) is 0 Å². The molecule has 1 atom stereocenters. The molecule has 0 aliphatic carbocycles. The van der Waals surface area contributed by atoms with E-state index >= 15 is 0 Å². The van der Waals surface area contributed by atoms with Gasteiger partial charge in [-0.1, -0.05) is 30.3 Å². The lowest BCUT2D eigenvalue weighted by Gasteiger charge is -2.39. The average Bonchev–Trinajstić information content (AvgIpc) is 2.57. The Labute approximate surface area is 135 Å². The van der Waals surface area contributed by atoms with Crippen LogP contribution >= 0.6 is 12.6 Å². The van der Waals surface area contributed by atoms with Gasteiger partial charge in [0.2, 0.25) is 0 Å². The molecule has 0 bridgehead atoms. The van der Waals surface area contributed by atoms with Crippen LogP contribution in [0.25, 0.3) is 0 Å². The summed E-state index contributed by atoms with van der Waals surface area (Å²) in [4.78, 5) is 13.8. The SMILES string of the molecule is COc1ccc([C@](CS)(C(=O)O)N(C)c2ccccc2)cc1. The number of aliphatic carboxylic acids is 1. The van der Waals surface area contributed by atoms with Crippen LogP contribution in [0, 0.1) is 0 Å². The Hall–Kier alpha value is -2.14. The third-order valence-electron chi connectivity index (χ3n) is 3.87. The van der Waals surface area contributed by atoms with Gasteiger partial charge in [-0.05, 0) is 29.8 Å². The van der Waals surface area contributed by atoms with Crippen molar-refractivity contribution >= 4 is 24.3 Å². The van der Waals surface area contributed by atoms with Crippen LogP contribution in [-0.2, 0) is 10.3 Å². The first-order chi connectivity index (χ1) is 10.6. The van der Waals surface area contributed by atoms with Gasteiger partial charge >= 0.3 is 5.97 Å². The molecule has 2 aromatic rings. The second-order valence-electron chi connectivity index (χ2n) is 4.95. The van der Waals surface area contributed by atoms with Crippen molar-refractivity contribution in [3.8, 4) is 5.75 Å². The molecule has 0 aliphatic heterocycles. The van der Waals surface area contributed by atoms with Crippen LogP contribution in [0.3, 0.4) is 0 Å². The van der Waals surface area contributed by atoms with Crippen molar-refractivity contribution in [1.82, 2.24) is 0 Å². The molecule has 0 aromatic heterocycles. The van der Waals surface area contributed by atoms with E-state index in [4.69, 9.17) is 4.74 Å². The summed E-state index contributed by atoms with van der Waals surface area (Å²) >= 11 is 4.34. The van der Waals surface area contributed by atoms with Crippen molar-refractivity contribution in [2.45, 2.75) is 5.54 Å². The van der Waals surface area contributed by atoms with Gasteiger partial charge in [-0.2, -0.15) is 12.6 Å². The minimum Gasteiger partial charge on any atom is -0.497 e. The molecular formula is C17H19NO3S. The number of benzene rings is 2. The molecule has 2 aromatic carbocycles. The van der Waals surface area contributed by atoms with Gasteiger partial charge in [0.25, 0.3) is 0 Å². The van der Waals surface area contributed by atoms with Gasteiger partial charge in [0.1, 0.15) is 5.75 Å². The number of carboxylic acids is 1. The van der Waals surface area contributed by atoms with Crippen molar-refractivity contribution in [1.29, 1.82) is 0 Å². The number of methoxy groups -OCH3 is 1. The molecule has 22 heavy (non-hydrogen) atoms. The number of ether oxygens (including phenoxy) is 1. The Bertz CT molecular complexity index is 630. The highest BCUT2D eigenvalue weighted by Crippen LogP contribution is 2.34. The molecule has 0 saturated heterocycles. The number of para-hydroxylation sites is 1. The molecule has 0 unspecified atom stereocenters. The molecule has 4 nitrogen and oxygen atoms in total. The number of hydrogen-bond donors (Lipinski definition) is 2. The highest BCUT2D eigenvalue weighted by Gasteiger charge is 2.43. The highest BCUT2D eigenvalue weighted by molar-refractivity contribution is 7.80. The van der Waals surface area contributed by atoms with E-state index in [2.05, 4.69) is 12.6 Å². The van der Waals surface area contributed by atoms with Crippen molar-refractivity contribution < 1.29 is 14.6 Å². The summed E-state index contributed by atoms with van der Waals surface area (Å²) in [5.74, 6) is -0.122. The van der Waals surface area contributed by atoms with Crippen molar-refractivity contribution in [3.05, 3.63) is 60.2 Å². The van der Waals surface area contributed by atoms with Gasteiger partial charge in [0, 0.05) is 18.5 Å². The molecule has 0 heterocycles. The number of rotatable bonds is 6. The Kier molecular flexibility index (Phi) is 4.98. The zero-order valence-electron chi connectivity index (χ0n) is 12.6. The van der Waals surface area contributed by atoms with Gasteiger partial charge in [0.15, 0.2) is 5.54 Å². The molecule has 5 heteroatoms. The Morgan fingerprint density at radius 1 is 1.18 bits per heavy atom. The molecule has 116 valence electrons. The van der Waals surface area contributed by atoms with Crippen molar-refractivity contribution in [2.75, 3.05) is 24.8 Å².